The number of aliphatic hydroxyl groups is 1. The van der Waals surface area contributed by atoms with Crippen molar-refractivity contribution in [3.63, 3.8) is 0 Å². The molecule has 1 heterocycles. The standard InChI is InChI=1S/C15H19NO4/c1-11-10-20-14(9-17)8-16(11)15(19)7-4-12-2-5-13(18)6-3-12/h2-7,11,14,17-18H,8-10H2,1H3/b7-4+. The summed E-state index contributed by atoms with van der Waals surface area (Å²) in [7, 11) is 0. The molecule has 2 unspecified atom stereocenters. The van der Waals surface area contributed by atoms with Gasteiger partial charge in [0.05, 0.1) is 25.4 Å². The molecule has 2 N–H and O–H groups in total. The highest BCUT2D eigenvalue weighted by Crippen LogP contribution is 2.14. The maximum atomic E-state index is 12.2. The molecular formula is C15H19NO4. The Kier molecular flexibility index (Phi) is 4.76. The molecule has 0 aromatic heterocycles. The van der Waals surface area contributed by atoms with Gasteiger partial charge in [-0.1, -0.05) is 12.1 Å². The minimum absolute atomic E-state index is 0.00484. The van der Waals surface area contributed by atoms with Crippen LogP contribution in [0.5, 0.6) is 5.75 Å². The van der Waals surface area contributed by atoms with Crippen molar-refractivity contribution in [2.24, 2.45) is 0 Å². The zero-order valence-electron chi connectivity index (χ0n) is 11.4. The number of rotatable bonds is 3. The molecule has 1 amide bonds. The van der Waals surface area contributed by atoms with E-state index in [1.807, 2.05) is 6.92 Å². The van der Waals surface area contributed by atoms with E-state index < -0.39 is 0 Å². The molecule has 0 radical (unpaired) electrons. The number of hydrogen-bond donors (Lipinski definition) is 2. The third kappa shape index (κ3) is 3.59. The molecular weight excluding hydrogens is 258 g/mol. The van der Waals surface area contributed by atoms with Crippen LogP contribution in [-0.2, 0) is 9.53 Å². The van der Waals surface area contributed by atoms with Gasteiger partial charge < -0.3 is 19.8 Å². The van der Waals surface area contributed by atoms with Crippen molar-refractivity contribution in [2.45, 2.75) is 19.1 Å². The van der Waals surface area contributed by atoms with Crippen molar-refractivity contribution in [3.8, 4) is 5.75 Å². The van der Waals surface area contributed by atoms with Gasteiger partial charge in [-0.15, -0.1) is 0 Å². The number of aromatic hydroxyl groups is 1. The van der Waals surface area contributed by atoms with E-state index in [4.69, 9.17) is 9.84 Å². The van der Waals surface area contributed by atoms with Gasteiger partial charge >= 0.3 is 0 Å². The molecule has 1 saturated heterocycles. The number of carbonyl (C=O) groups is 1. The smallest absolute Gasteiger partial charge is 0.246 e. The average molecular weight is 277 g/mol. The summed E-state index contributed by atoms with van der Waals surface area (Å²) >= 11 is 0. The summed E-state index contributed by atoms with van der Waals surface area (Å²) in [5.74, 6) is 0.0911. The summed E-state index contributed by atoms with van der Waals surface area (Å²) in [5.41, 5.74) is 0.843. The fourth-order valence-corrected chi connectivity index (χ4v) is 2.08. The van der Waals surface area contributed by atoms with Crippen LogP contribution in [-0.4, -0.2) is 52.9 Å². The molecule has 2 atom stereocenters. The van der Waals surface area contributed by atoms with Crippen LogP contribution in [0.4, 0.5) is 0 Å². The van der Waals surface area contributed by atoms with Gasteiger partial charge in [-0.3, -0.25) is 4.79 Å². The first-order valence-corrected chi connectivity index (χ1v) is 6.60. The van der Waals surface area contributed by atoms with E-state index in [0.717, 1.165) is 5.56 Å². The Hall–Kier alpha value is -1.85. The van der Waals surface area contributed by atoms with E-state index in [1.165, 1.54) is 6.08 Å². The Morgan fingerprint density at radius 2 is 2.15 bits per heavy atom. The van der Waals surface area contributed by atoms with Crippen LogP contribution in [0, 0.1) is 0 Å². The van der Waals surface area contributed by atoms with Crippen molar-refractivity contribution in [3.05, 3.63) is 35.9 Å². The number of aliphatic hydroxyl groups excluding tert-OH is 1. The summed E-state index contributed by atoms with van der Waals surface area (Å²) in [6.07, 6.45) is 2.90. The van der Waals surface area contributed by atoms with Crippen LogP contribution >= 0.6 is 0 Å². The number of morpholine rings is 1. The molecule has 108 valence electrons. The second-order valence-corrected chi connectivity index (χ2v) is 4.90. The Balaban J connectivity index is 2.01. The Morgan fingerprint density at radius 1 is 1.45 bits per heavy atom. The quantitative estimate of drug-likeness (QED) is 0.809. The first-order chi connectivity index (χ1) is 9.60. The summed E-state index contributed by atoms with van der Waals surface area (Å²) in [6, 6.07) is 6.61. The summed E-state index contributed by atoms with van der Waals surface area (Å²) in [5, 5.41) is 18.3. The zero-order chi connectivity index (χ0) is 14.5. The van der Waals surface area contributed by atoms with Gasteiger partial charge in [-0.25, -0.2) is 0 Å². The molecule has 0 bridgehead atoms. The minimum atomic E-state index is -0.308. The predicted molar refractivity (Wildman–Crippen MR) is 75.1 cm³/mol. The maximum Gasteiger partial charge on any atom is 0.246 e. The molecule has 0 saturated carbocycles. The number of phenolic OH excluding ortho intramolecular Hbond substituents is 1. The number of nitrogens with zero attached hydrogens (tertiary/aromatic N) is 1. The topological polar surface area (TPSA) is 70.0 Å². The van der Waals surface area contributed by atoms with Crippen LogP contribution in [0.15, 0.2) is 30.3 Å². The molecule has 5 nitrogen and oxygen atoms in total. The van der Waals surface area contributed by atoms with Gasteiger partial charge in [-0.05, 0) is 30.7 Å². The lowest BCUT2D eigenvalue weighted by atomic mass is 10.1. The minimum Gasteiger partial charge on any atom is -0.508 e. The van der Waals surface area contributed by atoms with Crippen LogP contribution in [0.25, 0.3) is 6.08 Å². The highest BCUT2D eigenvalue weighted by molar-refractivity contribution is 5.92. The average Bonchev–Trinajstić information content (AvgIpc) is 2.47. The van der Waals surface area contributed by atoms with E-state index in [1.54, 1.807) is 35.2 Å². The fraction of sp³-hybridized carbons (Fsp3) is 0.400. The SMILES string of the molecule is CC1COC(CO)CN1C(=O)/C=C/c1ccc(O)cc1. The van der Waals surface area contributed by atoms with Crippen LogP contribution in [0.1, 0.15) is 12.5 Å². The largest absolute Gasteiger partial charge is 0.508 e. The zero-order valence-corrected chi connectivity index (χ0v) is 11.4. The van der Waals surface area contributed by atoms with E-state index in [9.17, 15) is 9.90 Å². The van der Waals surface area contributed by atoms with Gasteiger partial charge in [0.25, 0.3) is 0 Å². The van der Waals surface area contributed by atoms with Crippen LogP contribution in [0.2, 0.25) is 0 Å². The first-order valence-electron chi connectivity index (χ1n) is 6.60. The predicted octanol–water partition coefficient (Wildman–Crippen LogP) is 1.01. The lowest BCUT2D eigenvalue weighted by Crippen LogP contribution is -2.51. The number of phenols is 1. The monoisotopic (exact) mass is 277 g/mol. The first kappa shape index (κ1) is 14.6. The van der Waals surface area contributed by atoms with E-state index >= 15 is 0 Å². The maximum absolute atomic E-state index is 12.2. The van der Waals surface area contributed by atoms with Gasteiger partial charge in [0, 0.05) is 12.6 Å². The lowest BCUT2D eigenvalue weighted by molar-refractivity contribution is -0.140. The van der Waals surface area contributed by atoms with Crippen molar-refractivity contribution in [1.29, 1.82) is 0 Å². The molecule has 0 aliphatic carbocycles. The van der Waals surface area contributed by atoms with Crippen LogP contribution in [0.3, 0.4) is 0 Å². The lowest BCUT2D eigenvalue weighted by Gasteiger charge is -2.36. The van der Waals surface area contributed by atoms with Gasteiger partial charge in [-0.2, -0.15) is 0 Å². The van der Waals surface area contributed by atoms with Crippen LogP contribution < -0.4 is 0 Å². The molecule has 0 spiro atoms. The van der Waals surface area contributed by atoms with Gasteiger partial charge in [0.15, 0.2) is 0 Å². The molecule has 1 aliphatic heterocycles. The van der Waals surface area contributed by atoms with Crippen molar-refractivity contribution in [1.82, 2.24) is 4.90 Å². The summed E-state index contributed by atoms with van der Waals surface area (Å²) < 4.78 is 5.40. The molecule has 2 rings (SSSR count). The summed E-state index contributed by atoms with van der Waals surface area (Å²) in [4.78, 5) is 13.9. The Morgan fingerprint density at radius 3 is 2.80 bits per heavy atom. The highest BCUT2D eigenvalue weighted by Gasteiger charge is 2.27. The summed E-state index contributed by atoms with van der Waals surface area (Å²) in [6.45, 7) is 2.67. The molecule has 1 aliphatic rings. The number of ether oxygens (including phenoxy) is 1. The second kappa shape index (κ2) is 6.54. The fourth-order valence-electron chi connectivity index (χ4n) is 2.08. The van der Waals surface area contributed by atoms with E-state index in [-0.39, 0.29) is 30.4 Å². The molecule has 20 heavy (non-hydrogen) atoms. The molecule has 1 aromatic carbocycles. The number of carbonyl (C=O) groups excluding carboxylic acids is 1. The third-order valence-electron chi connectivity index (χ3n) is 3.30. The van der Waals surface area contributed by atoms with E-state index in [0.29, 0.717) is 13.2 Å². The second-order valence-electron chi connectivity index (χ2n) is 4.90. The molecule has 5 heteroatoms. The Bertz CT molecular complexity index is 483. The number of benzene rings is 1. The number of amides is 1. The third-order valence-corrected chi connectivity index (χ3v) is 3.30. The highest BCUT2D eigenvalue weighted by atomic mass is 16.5. The Labute approximate surface area is 118 Å². The van der Waals surface area contributed by atoms with Crippen molar-refractivity contribution in [2.75, 3.05) is 19.8 Å². The van der Waals surface area contributed by atoms with Gasteiger partial charge in [0.1, 0.15) is 5.75 Å². The number of hydrogen-bond acceptors (Lipinski definition) is 4. The van der Waals surface area contributed by atoms with Crippen molar-refractivity contribution < 1.29 is 19.7 Å². The normalized spacial score (nSPS) is 23.2. The molecule has 1 fully saturated rings. The van der Waals surface area contributed by atoms with Crippen molar-refractivity contribution >= 4 is 12.0 Å². The van der Waals surface area contributed by atoms with E-state index in [2.05, 4.69) is 0 Å². The van der Waals surface area contributed by atoms with Gasteiger partial charge in [0.2, 0.25) is 5.91 Å². The molecule has 1 aromatic rings.